The molecular weight excluding hydrogens is 459 g/mol. The molecule has 0 aliphatic heterocycles. The van der Waals surface area contributed by atoms with Gasteiger partial charge in [0.2, 0.25) is 10.0 Å². The van der Waals surface area contributed by atoms with Crippen molar-refractivity contribution in [3.8, 4) is 0 Å². The highest BCUT2D eigenvalue weighted by Gasteiger charge is 2.39. The third-order valence-electron chi connectivity index (χ3n) is 6.56. The quantitative estimate of drug-likeness (QED) is 0.558. The van der Waals surface area contributed by atoms with Crippen LogP contribution in [0.5, 0.6) is 0 Å². The van der Waals surface area contributed by atoms with Crippen molar-refractivity contribution in [1.29, 1.82) is 5.41 Å². The minimum Gasteiger partial charge on any atom is -0.480 e. The number of benzene rings is 1. The highest BCUT2D eigenvalue weighted by molar-refractivity contribution is 7.89. The van der Waals surface area contributed by atoms with Gasteiger partial charge in [-0.05, 0) is 61.8 Å². The van der Waals surface area contributed by atoms with Gasteiger partial charge >= 0.3 is 12.1 Å². The van der Waals surface area contributed by atoms with Crippen LogP contribution in [0.4, 0.5) is 13.2 Å². The number of carbonyl (C=O) groups is 1. The Morgan fingerprint density at radius 2 is 1.88 bits per heavy atom. The minimum atomic E-state index is -4.68. The van der Waals surface area contributed by atoms with Crippen molar-refractivity contribution < 1.29 is 31.5 Å². The van der Waals surface area contributed by atoms with Gasteiger partial charge in [0.05, 0.1) is 10.5 Å². The Morgan fingerprint density at radius 1 is 1.21 bits per heavy atom. The fourth-order valence-electron chi connectivity index (χ4n) is 4.80. The lowest BCUT2D eigenvalue weighted by Gasteiger charge is -2.36. The lowest BCUT2D eigenvalue weighted by Crippen LogP contribution is -2.47. The molecular formula is C22H28F3N3O4S. The molecule has 2 saturated carbocycles. The summed E-state index contributed by atoms with van der Waals surface area (Å²) < 4.78 is 68.7. The van der Waals surface area contributed by atoms with Crippen LogP contribution in [-0.2, 0) is 21.0 Å². The van der Waals surface area contributed by atoms with Crippen molar-refractivity contribution in [1.82, 2.24) is 4.31 Å². The van der Waals surface area contributed by atoms with Crippen LogP contribution < -0.4 is 0 Å². The second kappa shape index (κ2) is 9.92. The normalized spacial score (nSPS) is 23.8. The van der Waals surface area contributed by atoms with Gasteiger partial charge in [-0.1, -0.05) is 12.8 Å². The smallest absolute Gasteiger partial charge is 0.416 e. The molecule has 2 N–H and O–H groups in total. The number of nitrogens with one attached hydrogen (secondary N) is 1. The van der Waals surface area contributed by atoms with E-state index in [1.807, 2.05) is 0 Å². The zero-order valence-corrected chi connectivity index (χ0v) is 19.1. The van der Waals surface area contributed by atoms with E-state index >= 15 is 0 Å². The van der Waals surface area contributed by atoms with Crippen molar-refractivity contribution in [3.63, 3.8) is 0 Å². The van der Waals surface area contributed by atoms with E-state index in [1.165, 1.54) is 13.1 Å². The Morgan fingerprint density at radius 3 is 2.45 bits per heavy atom. The minimum absolute atomic E-state index is 0.106. The molecule has 182 valence electrons. The fourth-order valence-corrected chi connectivity index (χ4v) is 6.29. The third kappa shape index (κ3) is 5.63. The molecule has 0 amide bonds. The van der Waals surface area contributed by atoms with E-state index in [9.17, 15) is 26.4 Å². The predicted octanol–water partition coefficient (Wildman–Crippen LogP) is 4.33. The van der Waals surface area contributed by atoms with Gasteiger partial charge in [0.25, 0.3) is 0 Å². The Labute approximate surface area is 191 Å². The average Bonchev–Trinajstić information content (AvgIpc) is 3.30. The summed E-state index contributed by atoms with van der Waals surface area (Å²) in [4.78, 5) is 14.5. The van der Waals surface area contributed by atoms with Gasteiger partial charge in [0.15, 0.2) is 0 Å². The van der Waals surface area contributed by atoms with Gasteiger partial charge in [-0.2, -0.15) is 17.5 Å². The second-order valence-corrected chi connectivity index (χ2v) is 10.6. The molecule has 2 aliphatic carbocycles. The highest BCUT2D eigenvalue weighted by Crippen LogP contribution is 2.40. The number of carboxylic acids is 1. The average molecular weight is 488 g/mol. The largest absolute Gasteiger partial charge is 0.480 e. The molecule has 1 aromatic carbocycles. The first kappa shape index (κ1) is 25.4. The van der Waals surface area contributed by atoms with E-state index < -0.39 is 51.1 Å². The lowest BCUT2D eigenvalue weighted by molar-refractivity contribution is -0.138. The van der Waals surface area contributed by atoms with Crippen LogP contribution in [0.1, 0.15) is 62.0 Å². The van der Waals surface area contributed by atoms with Crippen molar-refractivity contribution in [3.05, 3.63) is 29.3 Å². The Hall–Kier alpha value is -2.27. The zero-order valence-electron chi connectivity index (χ0n) is 18.3. The SMILES string of the molecule is CN(C1CCCC(=NCC(=O)O)C1C=N)S(=O)(=O)c1cc(C2CCCC2)cc(C(F)(F)F)c1. The van der Waals surface area contributed by atoms with Gasteiger partial charge in [0, 0.05) is 30.9 Å². The summed E-state index contributed by atoms with van der Waals surface area (Å²) in [6, 6.07) is 2.33. The highest BCUT2D eigenvalue weighted by atomic mass is 32.2. The first-order valence-corrected chi connectivity index (χ1v) is 12.3. The number of halogens is 3. The molecule has 2 fully saturated rings. The number of nitrogens with zero attached hydrogens (tertiary/aromatic N) is 2. The number of sulfonamides is 1. The topological polar surface area (TPSA) is 111 Å². The second-order valence-electron chi connectivity index (χ2n) is 8.64. The van der Waals surface area contributed by atoms with Crippen molar-refractivity contribution in [2.75, 3.05) is 13.6 Å². The predicted molar refractivity (Wildman–Crippen MR) is 117 cm³/mol. The Kier molecular flexibility index (Phi) is 7.62. The van der Waals surface area contributed by atoms with Crippen LogP contribution >= 0.6 is 0 Å². The van der Waals surface area contributed by atoms with Gasteiger partial charge in [-0.15, -0.1) is 0 Å². The number of carboxylic acid groups (broad SMARTS) is 1. The van der Waals surface area contributed by atoms with Crippen molar-refractivity contribution in [2.45, 2.75) is 68.0 Å². The van der Waals surface area contributed by atoms with Gasteiger partial charge in [-0.3, -0.25) is 9.79 Å². The molecule has 11 heteroatoms. The maximum atomic E-state index is 13.6. The summed E-state index contributed by atoms with van der Waals surface area (Å²) >= 11 is 0. The number of rotatable bonds is 7. The van der Waals surface area contributed by atoms with Crippen LogP contribution in [0, 0.1) is 11.3 Å². The molecule has 0 radical (unpaired) electrons. The lowest BCUT2D eigenvalue weighted by atomic mass is 9.83. The molecule has 0 spiro atoms. The molecule has 2 unspecified atom stereocenters. The first-order valence-electron chi connectivity index (χ1n) is 10.9. The van der Waals surface area contributed by atoms with Gasteiger partial charge in [-0.25, -0.2) is 8.42 Å². The molecule has 7 nitrogen and oxygen atoms in total. The number of aliphatic carboxylic acids is 1. The summed E-state index contributed by atoms with van der Waals surface area (Å²) in [6.45, 7) is -0.485. The van der Waals surface area contributed by atoms with Crippen LogP contribution in [0.15, 0.2) is 28.1 Å². The molecule has 1 aromatic rings. The maximum Gasteiger partial charge on any atom is 0.416 e. The maximum absolute atomic E-state index is 13.6. The van der Waals surface area contributed by atoms with E-state index in [1.54, 1.807) is 0 Å². The molecule has 3 rings (SSSR count). The van der Waals surface area contributed by atoms with E-state index in [4.69, 9.17) is 10.5 Å². The Bertz CT molecular complexity index is 1030. The van der Waals surface area contributed by atoms with E-state index in [0.717, 1.165) is 42.3 Å². The van der Waals surface area contributed by atoms with Crippen LogP contribution in [-0.4, -0.2) is 55.4 Å². The van der Waals surface area contributed by atoms with Gasteiger partial charge < -0.3 is 10.5 Å². The van der Waals surface area contributed by atoms with E-state index in [-0.39, 0.29) is 5.92 Å². The van der Waals surface area contributed by atoms with Crippen molar-refractivity contribution in [2.24, 2.45) is 10.9 Å². The molecule has 0 aromatic heterocycles. The summed E-state index contributed by atoms with van der Waals surface area (Å²) in [5.41, 5.74) is -0.193. The zero-order chi connectivity index (χ0) is 24.4. The summed E-state index contributed by atoms with van der Waals surface area (Å²) in [6.07, 6.45) is 0.932. The monoisotopic (exact) mass is 487 g/mol. The van der Waals surface area contributed by atoms with Crippen molar-refractivity contribution >= 4 is 27.9 Å². The van der Waals surface area contributed by atoms with Crippen LogP contribution in [0.2, 0.25) is 0 Å². The molecule has 2 atom stereocenters. The van der Waals surface area contributed by atoms with Crippen LogP contribution in [0.25, 0.3) is 0 Å². The molecule has 0 bridgehead atoms. The molecule has 0 saturated heterocycles. The molecule has 2 aliphatic rings. The van der Waals surface area contributed by atoms with E-state index in [0.29, 0.717) is 36.6 Å². The summed E-state index contributed by atoms with van der Waals surface area (Å²) in [5, 5.41) is 16.7. The number of hydrogen-bond acceptors (Lipinski definition) is 5. The summed E-state index contributed by atoms with van der Waals surface area (Å²) in [5.74, 6) is -1.99. The van der Waals surface area contributed by atoms with Crippen LogP contribution in [0.3, 0.4) is 0 Å². The number of aliphatic imine (C=N–C) groups is 1. The number of hydrogen-bond donors (Lipinski definition) is 2. The number of alkyl halides is 3. The van der Waals surface area contributed by atoms with Gasteiger partial charge in [0.1, 0.15) is 6.54 Å². The Balaban J connectivity index is 1.99. The molecule has 0 heterocycles. The summed E-state index contributed by atoms with van der Waals surface area (Å²) in [7, 11) is -3.01. The van der Waals surface area contributed by atoms with E-state index in [2.05, 4.69) is 4.99 Å². The fraction of sp³-hybridized carbons (Fsp3) is 0.591. The first-order chi connectivity index (χ1) is 15.4. The molecule has 33 heavy (non-hydrogen) atoms. The standard InChI is InChI=1S/C22H28F3N3O4S/c1-28(20-8-4-7-19(18(20)12-26)27-13-21(29)30)33(31,32)17-10-15(14-5-2-3-6-14)9-16(11-17)22(23,24)25/h9-12,14,18,20,26H,2-8,13H2,1H3,(H,29,30). The third-order valence-corrected chi connectivity index (χ3v) is 8.42.